The third-order valence-corrected chi connectivity index (χ3v) is 2.41. The molecule has 88 valence electrons. The summed E-state index contributed by atoms with van der Waals surface area (Å²) in [6.07, 6.45) is 0. The molecular weight excluding hydrogens is 203 g/mol. The summed E-state index contributed by atoms with van der Waals surface area (Å²) in [7, 11) is 1.92. The molecule has 16 heavy (non-hydrogen) atoms. The number of benzene rings is 1. The van der Waals surface area contributed by atoms with Gasteiger partial charge in [-0.25, -0.2) is 9.37 Å². The van der Waals surface area contributed by atoms with Crippen LogP contribution in [0.3, 0.4) is 0 Å². The molecule has 1 heterocycles. The van der Waals surface area contributed by atoms with Crippen LogP contribution in [0.2, 0.25) is 0 Å². The molecule has 2 rings (SSSR count). The zero-order valence-electron chi connectivity index (χ0n) is 10.6. The summed E-state index contributed by atoms with van der Waals surface area (Å²) >= 11 is 0. The SMILES string of the molecule is CC.CC(C)c1nc2c(F)cccc2n1C. The normalized spacial score (nSPS) is 10.4. The summed E-state index contributed by atoms with van der Waals surface area (Å²) in [4.78, 5) is 4.30. The van der Waals surface area contributed by atoms with Crippen LogP contribution in [0.5, 0.6) is 0 Å². The molecule has 0 atom stereocenters. The summed E-state index contributed by atoms with van der Waals surface area (Å²) in [5, 5.41) is 0. The molecule has 0 unspecified atom stereocenters. The molecule has 0 aliphatic heterocycles. The predicted octanol–water partition coefficient (Wildman–Crippen LogP) is 3.86. The molecule has 0 aliphatic carbocycles. The fourth-order valence-electron chi connectivity index (χ4n) is 1.71. The number of fused-ring (bicyclic) bond motifs is 1. The topological polar surface area (TPSA) is 17.8 Å². The van der Waals surface area contributed by atoms with E-state index in [4.69, 9.17) is 0 Å². The average molecular weight is 222 g/mol. The molecular formula is C13H19FN2. The summed E-state index contributed by atoms with van der Waals surface area (Å²) in [6, 6.07) is 5.04. The molecule has 0 bridgehead atoms. The minimum atomic E-state index is -0.245. The molecule has 0 saturated heterocycles. The highest BCUT2D eigenvalue weighted by atomic mass is 19.1. The maximum atomic E-state index is 13.4. The van der Waals surface area contributed by atoms with Crippen molar-refractivity contribution in [3.8, 4) is 0 Å². The van der Waals surface area contributed by atoms with Crippen molar-refractivity contribution in [3.63, 3.8) is 0 Å². The lowest BCUT2D eigenvalue weighted by Gasteiger charge is -2.04. The van der Waals surface area contributed by atoms with Crippen LogP contribution in [0, 0.1) is 5.82 Å². The standard InChI is InChI=1S/C11H13FN2.C2H6/c1-7(2)11-13-10-8(12)5-4-6-9(10)14(11)3;1-2/h4-7H,1-3H3;1-2H3. The van der Waals surface area contributed by atoms with Gasteiger partial charge in [0.15, 0.2) is 5.82 Å². The Balaban J connectivity index is 0.000000606. The van der Waals surface area contributed by atoms with Crippen molar-refractivity contribution in [1.29, 1.82) is 0 Å². The number of aromatic nitrogens is 2. The first-order valence-electron chi connectivity index (χ1n) is 5.72. The van der Waals surface area contributed by atoms with Crippen molar-refractivity contribution in [1.82, 2.24) is 9.55 Å². The molecule has 0 amide bonds. The monoisotopic (exact) mass is 222 g/mol. The summed E-state index contributed by atoms with van der Waals surface area (Å²) in [6.45, 7) is 8.11. The molecule has 2 nitrogen and oxygen atoms in total. The van der Waals surface area contributed by atoms with Gasteiger partial charge in [0.25, 0.3) is 0 Å². The Hall–Kier alpha value is -1.38. The maximum Gasteiger partial charge on any atom is 0.151 e. The minimum Gasteiger partial charge on any atom is -0.331 e. The largest absolute Gasteiger partial charge is 0.331 e. The van der Waals surface area contributed by atoms with Crippen LogP contribution in [0.15, 0.2) is 18.2 Å². The highest BCUT2D eigenvalue weighted by Gasteiger charge is 2.12. The van der Waals surface area contributed by atoms with Gasteiger partial charge in [0.05, 0.1) is 5.52 Å². The number of para-hydroxylation sites is 1. The van der Waals surface area contributed by atoms with E-state index in [1.165, 1.54) is 6.07 Å². The molecule has 2 aromatic rings. The number of hydrogen-bond acceptors (Lipinski definition) is 1. The third kappa shape index (κ3) is 2.08. The summed E-state index contributed by atoms with van der Waals surface area (Å²) in [5.74, 6) is 0.988. The van der Waals surface area contributed by atoms with Gasteiger partial charge in [-0.1, -0.05) is 33.8 Å². The van der Waals surface area contributed by atoms with Gasteiger partial charge in [-0.2, -0.15) is 0 Å². The third-order valence-electron chi connectivity index (χ3n) is 2.41. The fourth-order valence-corrected chi connectivity index (χ4v) is 1.71. The lowest BCUT2D eigenvalue weighted by molar-refractivity contribution is 0.636. The Morgan fingerprint density at radius 1 is 1.25 bits per heavy atom. The van der Waals surface area contributed by atoms with Gasteiger partial charge in [-0.3, -0.25) is 0 Å². The minimum absolute atomic E-state index is 0.245. The Morgan fingerprint density at radius 3 is 2.38 bits per heavy atom. The molecule has 0 saturated carbocycles. The smallest absolute Gasteiger partial charge is 0.151 e. The lowest BCUT2D eigenvalue weighted by Crippen LogP contribution is -1.99. The number of halogens is 1. The number of nitrogens with zero attached hydrogens (tertiary/aromatic N) is 2. The first-order chi connectivity index (χ1) is 7.61. The highest BCUT2D eigenvalue weighted by molar-refractivity contribution is 5.76. The maximum absolute atomic E-state index is 13.4. The second-order valence-electron chi connectivity index (χ2n) is 3.79. The molecule has 1 aromatic carbocycles. The van der Waals surface area contributed by atoms with E-state index in [1.807, 2.05) is 31.5 Å². The van der Waals surface area contributed by atoms with Crippen LogP contribution in [0.25, 0.3) is 11.0 Å². The van der Waals surface area contributed by atoms with Crippen LogP contribution >= 0.6 is 0 Å². The van der Waals surface area contributed by atoms with Crippen molar-refractivity contribution in [2.45, 2.75) is 33.6 Å². The fraction of sp³-hybridized carbons (Fsp3) is 0.462. The van der Waals surface area contributed by atoms with Crippen molar-refractivity contribution < 1.29 is 4.39 Å². The van der Waals surface area contributed by atoms with Gasteiger partial charge in [-0.05, 0) is 12.1 Å². The van der Waals surface area contributed by atoms with Gasteiger partial charge in [0, 0.05) is 13.0 Å². The van der Waals surface area contributed by atoms with Gasteiger partial charge in [0.2, 0.25) is 0 Å². The Morgan fingerprint density at radius 2 is 1.88 bits per heavy atom. The Labute approximate surface area is 96.1 Å². The number of hydrogen-bond donors (Lipinski definition) is 0. The second kappa shape index (κ2) is 5.10. The van der Waals surface area contributed by atoms with E-state index < -0.39 is 0 Å². The first-order valence-corrected chi connectivity index (χ1v) is 5.72. The van der Waals surface area contributed by atoms with Crippen LogP contribution in [-0.2, 0) is 7.05 Å². The van der Waals surface area contributed by atoms with Crippen molar-refractivity contribution in [3.05, 3.63) is 29.8 Å². The predicted molar refractivity (Wildman–Crippen MR) is 66.1 cm³/mol. The van der Waals surface area contributed by atoms with Crippen LogP contribution in [-0.4, -0.2) is 9.55 Å². The lowest BCUT2D eigenvalue weighted by atomic mass is 10.2. The number of rotatable bonds is 1. The summed E-state index contributed by atoms with van der Waals surface area (Å²) < 4.78 is 15.3. The molecule has 1 aromatic heterocycles. The van der Waals surface area contributed by atoms with E-state index in [2.05, 4.69) is 18.8 Å². The quantitative estimate of drug-likeness (QED) is 0.716. The van der Waals surface area contributed by atoms with Crippen molar-refractivity contribution in [2.24, 2.45) is 7.05 Å². The highest BCUT2D eigenvalue weighted by Crippen LogP contribution is 2.21. The summed E-state index contributed by atoms with van der Waals surface area (Å²) in [5.41, 5.74) is 1.33. The van der Waals surface area contributed by atoms with Gasteiger partial charge in [-0.15, -0.1) is 0 Å². The Bertz CT molecular complexity index is 472. The first kappa shape index (κ1) is 12.7. The van der Waals surface area contributed by atoms with Gasteiger partial charge in [0.1, 0.15) is 11.3 Å². The van der Waals surface area contributed by atoms with E-state index >= 15 is 0 Å². The zero-order valence-corrected chi connectivity index (χ0v) is 10.6. The molecule has 3 heteroatoms. The molecule has 0 N–H and O–H groups in total. The molecule has 0 radical (unpaired) electrons. The van der Waals surface area contributed by atoms with E-state index in [9.17, 15) is 4.39 Å². The van der Waals surface area contributed by atoms with E-state index in [1.54, 1.807) is 6.07 Å². The molecule has 0 aliphatic rings. The van der Waals surface area contributed by atoms with Crippen LogP contribution in [0.1, 0.15) is 39.4 Å². The van der Waals surface area contributed by atoms with Gasteiger partial charge >= 0.3 is 0 Å². The second-order valence-corrected chi connectivity index (χ2v) is 3.79. The average Bonchev–Trinajstić information content (AvgIpc) is 2.61. The van der Waals surface area contributed by atoms with Crippen molar-refractivity contribution >= 4 is 11.0 Å². The number of imidazole rings is 1. The molecule has 0 spiro atoms. The van der Waals surface area contributed by atoms with Gasteiger partial charge < -0.3 is 4.57 Å². The van der Waals surface area contributed by atoms with E-state index in [0.717, 1.165) is 11.3 Å². The van der Waals surface area contributed by atoms with Crippen LogP contribution in [0.4, 0.5) is 4.39 Å². The Kier molecular flexibility index (Phi) is 4.05. The van der Waals surface area contributed by atoms with E-state index in [0.29, 0.717) is 11.4 Å². The zero-order chi connectivity index (χ0) is 12.3. The van der Waals surface area contributed by atoms with Crippen molar-refractivity contribution in [2.75, 3.05) is 0 Å². The van der Waals surface area contributed by atoms with E-state index in [-0.39, 0.29) is 5.82 Å². The van der Waals surface area contributed by atoms with Crippen LogP contribution < -0.4 is 0 Å². The number of aryl methyl sites for hydroxylation is 1. The molecule has 0 fully saturated rings.